The van der Waals surface area contributed by atoms with Crippen molar-refractivity contribution in [1.82, 2.24) is 5.32 Å². The number of hydrogen-bond acceptors (Lipinski definition) is 3. The number of halogens is 1. The average Bonchev–Trinajstić information content (AvgIpc) is 2.79. The summed E-state index contributed by atoms with van der Waals surface area (Å²) in [6.07, 6.45) is 0.632. The fourth-order valence-corrected chi connectivity index (χ4v) is 2.72. The Morgan fingerprint density at radius 3 is 3.00 bits per heavy atom. The van der Waals surface area contributed by atoms with Crippen molar-refractivity contribution in [2.75, 3.05) is 26.8 Å². The Kier molecular flexibility index (Phi) is 4.48. The van der Waals surface area contributed by atoms with E-state index in [0.29, 0.717) is 19.6 Å². The predicted octanol–water partition coefficient (Wildman–Crippen LogP) is 2.82. The summed E-state index contributed by atoms with van der Waals surface area (Å²) in [4.78, 5) is 0. The second-order valence-electron chi connectivity index (χ2n) is 3.83. The molecule has 0 aliphatic carbocycles. The van der Waals surface area contributed by atoms with Gasteiger partial charge in [-0.15, -0.1) is 11.3 Å². The molecule has 0 amide bonds. The predicted molar refractivity (Wildman–Crippen MR) is 70.2 cm³/mol. The van der Waals surface area contributed by atoms with E-state index in [0.717, 1.165) is 22.2 Å². The molecule has 0 aliphatic rings. The first-order chi connectivity index (χ1) is 8.33. The van der Waals surface area contributed by atoms with Crippen molar-refractivity contribution < 1.29 is 9.13 Å². The number of fused-ring (bicyclic) bond motifs is 1. The van der Waals surface area contributed by atoms with Gasteiger partial charge in [0.15, 0.2) is 0 Å². The first kappa shape index (κ1) is 12.5. The van der Waals surface area contributed by atoms with Gasteiger partial charge in [0, 0.05) is 23.2 Å². The lowest BCUT2D eigenvalue weighted by molar-refractivity contribution is 0.140. The van der Waals surface area contributed by atoms with Gasteiger partial charge in [0.25, 0.3) is 0 Å². The molecule has 1 aromatic carbocycles. The van der Waals surface area contributed by atoms with Crippen molar-refractivity contribution in [2.45, 2.75) is 6.42 Å². The van der Waals surface area contributed by atoms with E-state index in [2.05, 4.69) is 5.32 Å². The van der Waals surface area contributed by atoms with Crippen LogP contribution < -0.4 is 5.32 Å². The van der Waals surface area contributed by atoms with Crippen LogP contribution in [0.4, 0.5) is 4.39 Å². The molecule has 2 aromatic rings. The maximum atomic E-state index is 13.7. The molecule has 17 heavy (non-hydrogen) atoms. The Bertz CT molecular complexity index is 483. The fourth-order valence-electron chi connectivity index (χ4n) is 1.75. The fraction of sp³-hybridized carbons (Fsp3) is 0.385. The molecule has 2 nitrogen and oxygen atoms in total. The molecule has 2 rings (SSSR count). The van der Waals surface area contributed by atoms with Crippen LogP contribution in [0.15, 0.2) is 23.6 Å². The lowest BCUT2D eigenvalue weighted by Crippen LogP contribution is -2.15. The van der Waals surface area contributed by atoms with Crippen molar-refractivity contribution >= 4 is 21.4 Å². The summed E-state index contributed by atoms with van der Waals surface area (Å²) in [5, 5.41) is 6.11. The number of rotatable bonds is 6. The molecule has 0 fully saturated rings. The van der Waals surface area contributed by atoms with Crippen LogP contribution in [0, 0.1) is 5.82 Å². The number of nitrogens with one attached hydrogen (secondary N) is 1. The topological polar surface area (TPSA) is 21.3 Å². The molecule has 0 saturated carbocycles. The lowest BCUT2D eigenvalue weighted by atomic mass is 10.1. The average molecular weight is 253 g/mol. The molecular formula is C13H16FNOS. The number of benzene rings is 1. The first-order valence-corrected chi connectivity index (χ1v) is 6.58. The molecule has 4 heteroatoms. The van der Waals surface area contributed by atoms with Crippen molar-refractivity contribution in [3.8, 4) is 0 Å². The van der Waals surface area contributed by atoms with Crippen LogP contribution in [0.3, 0.4) is 0 Å². The summed E-state index contributed by atoms with van der Waals surface area (Å²) in [5.74, 6) is -0.128. The smallest absolute Gasteiger partial charge is 0.127 e. The highest BCUT2D eigenvalue weighted by Crippen LogP contribution is 2.27. The molecule has 0 bridgehead atoms. The van der Waals surface area contributed by atoms with Gasteiger partial charge in [-0.25, -0.2) is 4.39 Å². The molecule has 0 radical (unpaired) electrons. The highest BCUT2D eigenvalue weighted by atomic mass is 32.1. The van der Waals surface area contributed by atoms with Crippen molar-refractivity contribution in [1.29, 1.82) is 0 Å². The maximum Gasteiger partial charge on any atom is 0.127 e. The van der Waals surface area contributed by atoms with E-state index in [1.54, 1.807) is 11.3 Å². The van der Waals surface area contributed by atoms with Crippen LogP contribution in [0.5, 0.6) is 0 Å². The zero-order chi connectivity index (χ0) is 12.1. The number of hydrogen-bond donors (Lipinski definition) is 1. The second kappa shape index (κ2) is 6.10. The Balaban J connectivity index is 2.02. The second-order valence-corrected chi connectivity index (χ2v) is 4.75. The zero-order valence-corrected chi connectivity index (χ0v) is 10.6. The van der Waals surface area contributed by atoms with Crippen LogP contribution >= 0.6 is 11.3 Å². The number of likely N-dealkylation sites (N-methyl/N-ethyl adjacent to an activating group) is 1. The van der Waals surface area contributed by atoms with Crippen LogP contribution in [0.1, 0.15) is 5.56 Å². The molecule has 1 N–H and O–H groups in total. The van der Waals surface area contributed by atoms with Crippen LogP contribution in [-0.2, 0) is 11.2 Å². The minimum absolute atomic E-state index is 0.128. The van der Waals surface area contributed by atoms with Gasteiger partial charge >= 0.3 is 0 Å². The van der Waals surface area contributed by atoms with Gasteiger partial charge in [0.1, 0.15) is 5.82 Å². The molecule has 92 valence electrons. The maximum absolute atomic E-state index is 13.7. The van der Waals surface area contributed by atoms with Gasteiger partial charge in [0.05, 0.1) is 13.2 Å². The number of thiophene rings is 1. The number of ether oxygens (including phenoxy) is 1. The van der Waals surface area contributed by atoms with Crippen molar-refractivity contribution in [3.63, 3.8) is 0 Å². The molecule has 0 atom stereocenters. The Labute approximate surface area is 104 Å². The zero-order valence-electron chi connectivity index (χ0n) is 9.83. The summed E-state index contributed by atoms with van der Waals surface area (Å²) in [7, 11) is 1.88. The minimum atomic E-state index is -0.128. The van der Waals surface area contributed by atoms with E-state index >= 15 is 0 Å². The third kappa shape index (κ3) is 3.03. The summed E-state index contributed by atoms with van der Waals surface area (Å²) in [6, 6.07) is 5.38. The van der Waals surface area contributed by atoms with E-state index in [-0.39, 0.29) is 5.82 Å². The Morgan fingerprint density at radius 2 is 2.18 bits per heavy atom. The van der Waals surface area contributed by atoms with E-state index in [1.165, 1.54) is 6.07 Å². The largest absolute Gasteiger partial charge is 0.380 e. The van der Waals surface area contributed by atoms with Crippen LogP contribution in [0.2, 0.25) is 0 Å². The third-order valence-corrected chi connectivity index (χ3v) is 3.65. The van der Waals surface area contributed by atoms with Gasteiger partial charge in [-0.3, -0.25) is 0 Å². The van der Waals surface area contributed by atoms with Gasteiger partial charge in [-0.05, 0) is 29.9 Å². The third-order valence-electron chi connectivity index (χ3n) is 2.66. The molecule has 1 aromatic heterocycles. The molecule has 0 aliphatic heterocycles. The van der Waals surface area contributed by atoms with E-state index in [1.807, 2.05) is 24.6 Å². The van der Waals surface area contributed by atoms with Crippen molar-refractivity contribution in [3.05, 3.63) is 35.0 Å². The Hall–Kier alpha value is -0.970. The standard InChI is InChI=1S/C13H16FNOS/c1-15-6-8-16-7-4-11-12(14)3-2-10-5-9-17-13(10)11/h2-3,5,9,15H,4,6-8H2,1H3. The summed E-state index contributed by atoms with van der Waals surface area (Å²) in [6.45, 7) is 2.06. The first-order valence-electron chi connectivity index (χ1n) is 5.70. The highest BCUT2D eigenvalue weighted by molar-refractivity contribution is 7.17. The highest BCUT2D eigenvalue weighted by Gasteiger charge is 2.08. The minimum Gasteiger partial charge on any atom is -0.380 e. The molecule has 0 unspecified atom stereocenters. The van der Waals surface area contributed by atoms with E-state index < -0.39 is 0 Å². The lowest BCUT2D eigenvalue weighted by Gasteiger charge is -2.06. The quantitative estimate of drug-likeness (QED) is 0.799. The SMILES string of the molecule is CNCCOCCc1c(F)ccc2ccsc12. The van der Waals surface area contributed by atoms with Gasteiger partial charge in [0.2, 0.25) is 0 Å². The molecule has 0 spiro atoms. The van der Waals surface area contributed by atoms with Crippen LogP contribution in [0.25, 0.3) is 10.1 Å². The van der Waals surface area contributed by atoms with E-state index in [9.17, 15) is 4.39 Å². The monoisotopic (exact) mass is 253 g/mol. The van der Waals surface area contributed by atoms with Gasteiger partial charge < -0.3 is 10.1 Å². The van der Waals surface area contributed by atoms with Gasteiger partial charge in [-0.2, -0.15) is 0 Å². The summed E-state index contributed by atoms with van der Waals surface area (Å²) in [5.41, 5.74) is 0.780. The normalized spacial score (nSPS) is 11.2. The van der Waals surface area contributed by atoms with Crippen LogP contribution in [-0.4, -0.2) is 26.8 Å². The Morgan fingerprint density at radius 1 is 1.29 bits per heavy atom. The van der Waals surface area contributed by atoms with Crippen molar-refractivity contribution in [2.24, 2.45) is 0 Å². The van der Waals surface area contributed by atoms with E-state index in [4.69, 9.17) is 4.74 Å². The molecule has 0 saturated heterocycles. The van der Waals surface area contributed by atoms with Gasteiger partial charge in [-0.1, -0.05) is 6.07 Å². The molecular weight excluding hydrogens is 237 g/mol. The molecule has 1 heterocycles. The summed E-state index contributed by atoms with van der Waals surface area (Å²) >= 11 is 1.59. The summed E-state index contributed by atoms with van der Waals surface area (Å²) < 4.78 is 20.2.